The van der Waals surface area contributed by atoms with Gasteiger partial charge in [0.25, 0.3) is 0 Å². The zero-order chi connectivity index (χ0) is 7.84. The van der Waals surface area contributed by atoms with Crippen LogP contribution in [0.4, 0.5) is 0 Å². The van der Waals surface area contributed by atoms with Gasteiger partial charge in [-0.15, -0.1) is 0 Å². The normalized spacial score (nSPS) is 35.0. The van der Waals surface area contributed by atoms with E-state index in [0.29, 0.717) is 6.42 Å². The number of hydrogen-bond acceptors (Lipinski definition) is 3. The molecule has 1 fully saturated rings. The molecule has 0 unspecified atom stereocenters. The standard InChI is InChI=1S/C8H10O3/c9-4-5-1-2-7-6(5)3-8(10)11-7/h1,6-7,9H,2-4H2/t6-,7+/m0/s1. The van der Waals surface area contributed by atoms with Crippen LogP contribution in [0.1, 0.15) is 12.8 Å². The number of fused-ring (bicyclic) bond motifs is 1. The van der Waals surface area contributed by atoms with E-state index in [1.54, 1.807) is 0 Å². The Labute approximate surface area is 64.7 Å². The Morgan fingerprint density at radius 3 is 3.27 bits per heavy atom. The smallest absolute Gasteiger partial charge is 0.306 e. The van der Waals surface area contributed by atoms with Gasteiger partial charge in [0.2, 0.25) is 0 Å². The van der Waals surface area contributed by atoms with Crippen molar-refractivity contribution >= 4 is 5.97 Å². The molecule has 0 aromatic heterocycles. The third-order valence-electron chi connectivity index (χ3n) is 2.39. The molecule has 3 nitrogen and oxygen atoms in total. The maximum Gasteiger partial charge on any atom is 0.306 e. The number of esters is 1. The van der Waals surface area contributed by atoms with Crippen LogP contribution in [0.3, 0.4) is 0 Å². The number of hydrogen-bond donors (Lipinski definition) is 1. The Morgan fingerprint density at radius 1 is 1.73 bits per heavy atom. The number of aliphatic hydroxyl groups excluding tert-OH is 1. The summed E-state index contributed by atoms with van der Waals surface area (Å²) in [6, 6.07) is 0. The van der Waals surface area contributed by atoms with E-state index < -0.39 is 0 Å². The SMILES string of the molecule is O=C1C[C@H]2C(CO)=CC[C@H]2O1. The molecule has 0 saturated carbocycles. The second-order valence-electron chi connectivity index (χ2n) is 3.01. The maximum atomic E-state index is 10.8. The van der Waals surface area contributed by atoms with Crippen molar-refractivity contribution in [3.8, 4) is 0 Å². The van der Waals surface area contributed by atoms with Crippen molar-refractivity contribution < 1.29 is 14.6 Å². The molecule has 1 aliphatic heterocycles. The molecule has 0 radical (unpaired) electrons. The summed E-state index contributed by atoms with van der Waals surface area (Å²) in [6.07, 6.45) is 3.25. The molecule has 0 spiro atoms. The lowest BCUT2D eigenvalue weighted by Crippen LogP contribution is -2.12. The first-order valence-corrected chi connectivity index (χ1v) is 3.80. The molecule has 0 aromatic carbocycles. The van der Waals surface area contributed by atoms with E-state index in [1.807, 2.05) is 6.08 Å². The van der Waals surface area contributed by atoms with Crippen LogP contribution in [0.5, 0.6) is 0 Å². The molecule has 3 heteroatoms. The molecule has 0 bridgehead atoms. The highest BCUT2D eigenvalue weighted by molar-refractivity contribution is 5.73. The highest BCUT2D eigenvalue weighted by atomic mass is 16.5. The number of aliphatic hydroxyl groups is 1. The second-order valence-corrected chi connectivity index (χ2v) is 3.01. The Hall–Kier alpha value is -0.830. The monoisotopic (exact) mass is 154 g/mol. The van der Waals surface area contributed by atoms with Crippen LogP contribution in [0.25, 0.3) is 0 Å². The van der Waals surface area contributed by atoms with Gasteiger partial charge in [0, 0.05) is 12.3 Å². The summed E-state index contributed by atoms with van der Waals surface area (Å²) in [5.74, 6) is 0.0477. The predicted octanol–water partition coefficient (Wildman–Crippen LogP) is 0.240. The molecule has 0 amide bonds. The van der Waals surface area contributed by atoms with Crippen LogP contribution >= 0.6 is 0 Å². The van der Waals surface area contributed by atoms with Gasteiger partial charge in [-0.25, -0.2) is 0 Å². The van der Waals surface area contributed by atoms with Crippen LogP contribution in [0.15, 0.2) is 11.6 Å². The zero-order valence-electron chi connectivity index (χ0n) is 6.12. The molecule has 1 saturated heterocycles. The molecule has 1 aliphatic carbocycles. The molecule has 1 heterocycles. The average Bonchev–Trinajstić information content (AvgIpc) is 2.45. The van der Waals surface area contributed by atoms with Crippen LogP contribution in [-0.4, -0.2) is 23.8 Å². The van der Waals surface area contributed by atoms with Gasteiger partial charge in [0.05, 0.1) is 13.0 Å². The third-order valence-corrected chi connectivity index (χ3v) is 2.39. The van der Waals surface area contributed by atoms with E-state index in [2.05, 4.69) is 0 Å². The average molecular weight is 154 g/mol. The van der Waals surface area contributed by atoms with Gasteiger partial charge in [-0.3, -0.25) is 4.79 Å². The fourth-order valence-electron chi connectivity index (χ4n) is 1.79. The summed E-state index contributed by atoms with van der Waals surface area (Å²) in [7, 11) is 0. The van der Waals surface area contributed by atoms with Crippen molar-refractivity contribution in [3.05, 3.63) is 11.6 Å². The molecular formula is C8H10O3. The van der Waals surface area contributed by atoms with E-state index in [9.17, 15) is 4.79 Å². The minimum atomic E-state index is -0.126. The summed E-state index contributed by atoms with van der Waals surface area (Å²) in [6.45, 7) is 0.0673. The van der Waals surface area contributed by atoms with Crippen molar-refractivity contribution in [2.75, 3.05) is 6.61 Å². The fourth-order valence-corrected chi connectivity index (χ4v) is 1.79. The van der Waals surface area contributed by atoms with Gasteiger partial charge in [-0.1, -0.05) is 6.08 Å². The number of carbonyl (C=O) groups is 1. The predicted molar refractivity (Wildman–Crippen MR) is 37.8 cm³/mol. The van der Waals surface area contributed by atoms with Crippen molar-refractivity contribution in [2.24, 2.45) is 5.92 Å². The first-order valence-electron chi connectivity index (χ1n) is 3.80. The topological polar surface area (TPSA) is 46.5 Å². The van der Waals surface area contributed by atoms with Crippen LogP contribution in [0, 0.1) is 5.92 Å². The van der Waals surface area contributed by atoms with Crippen molar-refractivity contribution in [3.63, 3.8) is 0 Å². The summed E-state index contributed by atoms with van der Waals surface area (Å²) >= 11 is 0. The molecule has 2 atom stereocenters. The quantitative estimate of drug-likeness (QED) is 0.434. The fraction of sp³-hybridized carbons (Fsp3) is 0.625. The number of carbonyl (C=O) groups excluding carboxylic acids is 1. The van der Waals surface area contributed by atoms with E-state index in [0.717, 1.165) is 12.0 Å². The Bertz CT molecular complexity index is 219. The first-order chi connectivity index (χ1) is 5.31. The Balaban J connectivity index is 2.14. The summed E-state index contributed by atoms with van der Waals surface area (Å²) < 4.78 is 5.02. The van der Waals surface area contributed by atoms with Crippen molar-refractivity contribution in [1.82, 2.24) is 0 Å². The Kier molecular flexibility index (Phi) is 1.46. The highest BCUT2D eigenvalue weighted by Crippen LogP contribution is 2.36. The molecule has 1 N–H and O–H groups in total. The Morgan fingerprint density at radius 2 is 2.55 bits per heavy atom. The van der Waals surface area contributed by atoms with Gasteiger partial charge in [-0.2, -0.15) is 0 Å². The van der Waals surface area contributed by atoms with E-state index in [1.165, 1.54) is 0 Å². The van der Waals surface area contributed by atoms with Gasteiger partial charge in [0.1, 0.15) is 6.10 Å². The molecule has 60 valence electrons. The minimum Gasteiger partial charge on any atom is -0.461 e. The molecule has 0 aromatic rings. The second kappa shape index (κ2) is 2.34. The lowest BCUT2D eigenvalue weighted by Gasteiger charge is -2.08. The van der Waals surface area contributed by atoms with Gasteiger partial charge in [0.15, 0.2) is 0 Å². The van der Waals surface area contributed by atoms with Crippen LogP contribution in [-0.2, 0) is 9.53 Å². The van der Waals surface area contributed by atoms with Crippen molar-refractivity contribution in [1.29, 1.82) is 0 Å². The molecular weight excluding hydrogens is 144 g/mol. The molecule has 2 rings (SSSR count). The minimum absolute atomic E-state index is 0.0321. The van der Waals surface area contributed by atoms with E-state index in [4.69, 9.17) is 9.84 Å². The lowest BCUT2D eigenvalue weighted by atomic mass is 9.99. The maximum absolute atomic E-state index is 10.8. The zero-order valence-corrected chi connectivity index (χ0v) is 6.12. The van der Waals surface area contributed by atoms with Gasteiger partial charge < -0.3 is 9.84 Å². The first kappa shape index (κ1) is 6.85. The highest BCUT2D eigenvalue weighted by Gasteiger charge is 2.39. The van der Waals surface area contributed by atoms with Gasteiger partial charge in [-0.05, 0) is 5.57 Å². The van der Waals surface area contributed by atoms with Crippen LogP contribution in [0.2, 0.25) is 0 Å². The summed E-state index contributed by atoms with van der Waals surface area (Å²) in [5, 5.41) is 8.86. The van der Waals surface area contributed by atoms with Crippen LogP contribution < -0.4 is 0 Å². The largest absolute Gasteiger partial charge is 0.461 e. The van der Waals surface area contributed by atoms with E-state index >= 15 is 0 Å². The molecule has 2 aliphatic rings. The number of rotatable bonds is 1. The van der Waals surface area contributed by atoms with Crippen molar-refractivity contribution in [2.45, 2.75) is 18.9 Å². The molecule has 11 heavy (non-hydrogen) atoms. The summed E-state index contributed by atoms with van der Waals surface area (Å²) in [4.78, 5) is 10.8. The van der Waals surface area contributed by atoms with Gasteiger partial charge >= 0.3 is 5.97 Å². The summed E-state index contributed by atoms with van der Waals surface area (Å²) in [5.41, 5.74) is 0.973. The number of ether oxygens (including phenoxy) is 1. The lowest BCUT2D eigenvalue weighted by molar-refractivity contribution is -0.141. The third kappa shape index (κ3) is 0.959. The van der Waals surface area contributed by atoms with E-state index in [-0.39, 0.29) is 24.6 Å².